The molecule has 0 bridgehead atoms. The maximum Gasteiger partial charge on any atom is 0.410 e. The van der Waals surface area contributed by atoms with E-state index in [9.17, 15) is 23.2 Å². The smallest absolute Gasteiger partial charge is 0.410 e. The van der Waals surface area contributed by atoms with Crippen molar-refractivity contribution in [1.82, 2.24) is 25.5 Å². The van der Waals surface area contributed by atoms with Crippen molar-refractivity contribution in [2.45, 2.75) is 63.8 Å². The predicted octanol–water partition coefficient (Wildman–Crippen LogP) is 4.78. The average molecular weight is 637 g/mol. The van der Waals surface area contributed by atoms with Crippen LogP contribution in [0.25, 0.3) is 0 Å². The molecule has 0 unspecified atom stereocenters. The lowest BCUT2D eigenvalue weighted by atomic mass is 9.94. The van der Waals surface area contributed by atoms with Crippen LogP contribution in [-0.4, -0.2) is 76.8 Å². The lowest BCUT2D eigenvalue weighted by Crippen LogP contribution is -2.46. The van der Waals surface area contributed by atoms with E-state index in [0.717, 1.165) is 23.8 Å². The van der Waals surface area contributed by atoms with E-state index in [4.69, 9.17) is 9.47 Å². The number of carbonyl (C=O) groups is 3. The summed E-state index contributed by atoms with van der Waals surface area (Å²) in [7, 11) is 0. The minimum Gasteiger partial charge on any atom is -0.445 e. The summed E-state index contributed by atoms with van der Waals surface area (Å²) >= 11 is 0. The normalized spacial score (nSPS) is 18.6. The van der Waals surface area contributed by atoms with E-state index in [1.165, 1.54) is 12.4 Å². The van der Waals surface area contributed by atoms with Gasteiger partial charge in [0.1, 0.15) is 23.8 Å². The molecule has 2 aromatic carbocycles. The van der Waals surface area contributed by atoms with Crippen LogP contribution >= 0.6 is 0 Å². The molecule has 2 saturated heterocycles. The van der Waals surface area contributed by atoms with Gasteiger partial charge in [0.2, 0.25) is 5.95 Å². The van der Waals surface area contributed by atoms with Crippen molar-refractivity contribution >= 4 is 24.0 Å². The molecular weight excluding hydrogens is 598 g/mol. The molecule has 2 N–H and O–H groups in total. The number of aromatic nitrogens is 2. The Morgan fingerprint density at radius 2 is 1.65 bits per heavy atom. The van der Waals surface area contributed by atoms with Gasteiger partial charge in [-0.05, 0) is 62.9 Å². The summed E-state index contributed by atoms with van der Waals surface area (Å²) in [6.07, 6.45) is 2.89. The van der Waals surface area contributed by atoms with Crippen LogP contribution in [0.5, 0.6) is 0 Å². The van der Waals surface area contributed by atoms with E-state index in [2.05, 4.69) is 20.6 Å². The highest BCUT2D eigenvalue weighted by Gasteiger charge is 2.38. The largest absolute Gasteiger partial charge is 0.445 e. The molecule has 0 aliphatic carbocycles. The van der Waals surface area contributed by atoms with Crippen LogP contribution in [0.4, 0.5) is 24.3 Å². The van der Waals surface area contributed by atoms with Crippen LogP contribution in [0.3, 0.4) is 0 Å². The standard InChI is InChI=1S/C33H38F2N6O5/c1-33(2,3)46-31(43)39-28-19-41(18-26(28)25-15-23(34)9-10-27(25)35)30-36-16-22(17-37-30)29(42)38-24-11-13-40(14-12-24)32(44)45-20-21-7-5-4-6-8-21/h4-10,15-17,24,26,28H,11-14,18-20H2,1-3H3,(H,38,42)(H,39,43)/t26-,28+/m1/s1. The fraction of sp³-hybridized carbons (Fsp3) is 0.424. The number of alkyl carbamates (subject to hydrolysis) is 1. The minimum absolute atomic E-state index is 0.120. The number of halogens is 2. The van der Waals surface area contributed by atoms with E-state index in [-0.39, 0.29) is 54.8 Å². The number of amides is 3. The lowest BCUT2D eigenvalue weighted by Gasteiger charge is -2.31. The molecule has 2 atom stereocenters. The first-order valence-electron chi connectivity index (χ1n) is 15.2. The van der Waals surface area contributed by atoms with Crippen molar-refractivity contribution in [2.75, 3.05) is 31.1 Å². The summed E-state index contributed by atoms with van der Waals surface area (Å²) in [4.78, 5) is 50.1. The summed E-state index contributed by atoms with van der Waals surface area (Å²) < 4.78 is 39.7. The molecule has 3 heterocycles. The maximum absolute atomic E-state index is 14.8. The van der Waals surface area contributed by atoms with Crippen LogP contribution in [0, 0.1) is 11.6 Å². The highest BCUT2D eigenvalue weighted by molar-refractivity contribution is 5.93. The zero-order valence-corrected chi connectivity index (χ0v) is 26.0. The third-order valence-corrected chi connectivity index (χ3v) is 7.86. The first-order chi connectivity index (χ1) is 21.9. The number of ether oxygens (including phenoxy) is 2. The molecule has 0 spiro atoms. The number of rotatable bonds is 7. The molecule has 0 radical (unpaired) electrons. The number of nitrogens with one attached hydrogen (secondary N) is 2. The van der Waals surface area contributed by atoms with E-state index in [1.54, 1.807) is 30.6 Å². The first kappa shape index (κ1) is 32.6. The zero-order chi connectivity index (χ0) is 32.8. The maximum atomic E-state index is 14.8. The van der Waals surface area contributed by atoms with E-state index in [1.807, 2.05) is 30.3 Å². The molecule has 3 aromatic rings. The fourth-order valence-corrected chi connectivity index (χ4v) is 5.57. The van der Waals surface area contributed by atoms with Gasteiger partial charge >= 0.3 is 12.2 Å². The quantitative estimate of drug-likeness (QED) is 0.380. The zero-order valence-electron chi connectivity index (χ0n) is 26.0. The Labute approximate surface area is 266 Å². The second-order valence-corrected chi connectivity index (χ2v) is 12.5. The highest BCUT2D eigenvalue weighted by atomic mass is 19.1. The molecule has 5 rings (SSSR count). The van der Waals surface area contributed by atoms with Gasteiger partial charge in [-0.25, -0.2) is 28.3 Å². The SMILES string of the molecule is CC(C)(C)OC(=O)N[C@H]1CN(c2ncc(C(=O)NC3CCN(C(=O)OCc4ccccc4)CC3)cn2)C[C@@H]1c1cc(F)ccc1F. The number of carbonyl (C=O) groups excluding carboxylic acids is 3. The Morgan fingerprint density at radius 3 is 2.33 bits per heavy atom. The summed E-state index contributed by atoms with van der Waals surface area (Å²) in [5.74, 6) is -1.87. The van der Waals surface area contributed by atoms with Crippen LogP contribution < -0.4 is 15.5 Å². The molecule has 13 heteroatoms. The number of piperidine rings is 1. The molecule has 0 saturated carbocycles. The number of benzene rings is 2. The van der Waals surface area contributed by atoms with Gasteiger partial charge in [-0.3, -0.25) is 4.79 Å². The Bertz CT molecular complexity index is 1530. The molecule has 2 fully saturated rings. The summed E-state index contributed by atoms with van der Waals surface area (Å²) in [5.41, 5.74) is 0.541. The third kappa shape index (κ3) is 8.46. The summed E-state index contributed by atoms with van der Waals surface area (Å²) in [6.45, 7) is 6.70. The van der Waals surface area contributed by atoms with E-state index < -0.39 is 35.3 Å². The summed E-state index contributed by atoms with van der Waals surface area (Å²) in [5, 5.41) is 5.76. The van der Waals surface area contributed by atoms with Gasteiger partial charge in [-0.15, -0.1) is 0 Å². The van der Waals surface area contributed by atoms with Gasteiger partial charge in [0.15, 0.2) is 0 Å². The van der Waals surface area contributed by atoms with E-state index >= 15 is 0 Å². The molecular formula is C33H38F2N6O5. The van der Waals surface area contributed by atoms with Gasteiger partial charge in [-0.2, -0.15) is 0 Å². The van der Waals surface area contributed by atoms with Crippen LogP contribution in [0.15, 0.2) is 60.9 Å². The second-order valence-electron chi connectivity index (χ2n) is 12.5. The Kier molecular flexibility index (Phi) is 9.98. The van der Waals surface area contributed by atoms with Crippen molar-refractivity contribution in [2.24, 2.45) is 0 Å². The van der Waals surface area contributed by atoms with Crippen molar-refractivity contribution in [1.29, 1.82) is 0 Å². The molecule has 11 nitrogen and oxygen atoms in total. The Morgan fingerprint density at radius 1 is 0.957 bits per heavy atom. The van der Waals surface area contributed by atoms with Crippen molar-refractivity contribution in [3.05, 3.63) is 89.2 Å². The van der Waals surface area contributed by atoms with Gasteiger partial charge < -0.3 is 29.9 Å². The van der Waals surface area contributed by atoms with Crippen molar-refractivity contribution < 1.29 is 32.6 Å². The minimum atomic E-state index is -0.743. The predicted molar refractivity (Wildman–Crippen MR) is 165 cm³/mol. The number of anilines is 1. The van der Waals surface area contributed by atoms with E-state index in [0.29, 0.717) is 25.9 Å². The molecule has 3 amide bonds. The highest BCUT2D eigenvalue weighted by Crippen LogP contribution is 2.32. The topological polar surface area (TPSA) is 126 Å². The number of hydrogen-bond donors (Lipinski definition) is 2. The molecule has 2 aliphatic rings. The molecule has 2 aliphatic heterocycles. The second kappa shape index (κ2) is 14.1. The molecule has 46 heavy (non-hydrogen) atoms. The van der Waals surface area contributed by atoms with Crippen LogP contribution in [0.1, 0.15) is 61.0 Å². The van der Waals surface area contributed by atoms with Crippen LogP contribution in [-0.2, 0) is 16.1 Å². The van der Waals surface area contributed by atoms with Gasteiger partial charge in [0.25, 0.3) is 5.91 Å². The van der Waals surface area contributed by atoms with Crippen molar-refractivity contribution in [3.63, 3.8) is 0 Å². The fourth-order valence-electron chi connectivity index (χ4n) is 5.57. The van der Waals surface area contributed by atoms with Gasteiger partial charge in [0, 0.05) is 50.5 Å². The first-order valence-corrected chi connectivity index (χ1v) is 15.2. The van der Waals surface area contributed by atoms with Crippen molar-refractivity contribution in [3.8, 4) is 0 Å². The van der Waals surface area contributed by atoms with Gasteiger partial charge in [-0.1, -0.05) is 30.3 Å². The van der Waals surface area contributed by atoms with Crippen LogP contribution in [0.2, 0.25) is 0 Å². The monoisotopic (exact) mass is 636 g/mol. The molecule has 244 valence electrons. The third-order valence-electron chi connectivity index (χ3n) is 7.86. The Balaban J connectivity index is 1.16. The number of nitrogens with zero attached hydrogens (tertiary/aromatic N) is 4. The number of hydrogen-bond acceptors (Lipinski definition) is 8. The Hall–Kier alpha value is -4.81. The summed E-state index contributed by atoms with van der Waals surface area (Å²) in [6, 6.07) is 11.9. The molecule has 1 aromatic heterocycles. The van der Waals surface area contributed by atoms with Gasteiger partial charge in [0.05, 0.1) is 11.6 Å². The lowest BCUT2D eigenvalue weighted by molar-refractivity contribution is 0.0504. The average Bonchev–Trinajstić information content (AvgIpc) is 3.44. The number of likely N-dealkylation sites (tertiary alicyclic amines) is 1.